The van der Waals surface area contributed by atoms with Crippen molar-refractivity contribution < 1.29 is 5.11 Å². The van der Waals surface area contributed by atoms with Gasteiger partial charge in [0.25, 0.3) is 0 Å². The maximum atomic E-state index is 10.4. The number of hydrogen-bond donors (Lipinski definition) is 2. The van der Waals surface area contributed by atoms with Crippen molar-refractivity contribution in [3.05, 3.63) is 48.0 Å². The Labute approximate surface area is 127 Å². The van der Waals surface area contributed by atoms with Crippen molar-refractivity contribution in [3.8, 4) is 0 Å². The Kier molecular flexibility index (Phi) is 4.27. The molecule has 1 aliphatic carbocycles. The minimum Gasteiger partial charge on any atom is -0.387 e. The molecular weight excluding hydrogens is 258 g/mol. The van der Waals surface area contributed by atoms with Crippen LogP contribution in [0.3, 0.4) is 0 Å². The lowest BCUT2D eigenvalue weighted by Gasteiger charge is -2.24. The number of aliphatic hydroxyl groups is 1. The molecule has 1 fully saturated rings. The Morgan fingerprint density at radius 3 is 2.57 bits per heavy atom. The van der Waals surface area contributed by atoms with E-state index in [0.29, 0.717) is 12.0 Å². The fourth-order valence-corrected chi connectivity index (χ4v) is 3.45. The number of nitrogens with one attached hydrogen (secondary N) is 1. The summed E-state index contributed by atoms with van der Waals surface area (Å²) in [4.78, 5) is 0. The SMILES string of the molecule is CC1(CNCC(O)c2ccc3ccccc3c2)CCCC1. The largest absolute Gasteiger partial charge is 0.387 e. The summed E-state index contributed by atoms with van der Waals surface area (Å²) in [7, 11) is 0. The molecule has 2 aromatic rings. The lowest BCUT2D eigenvalue weighted by atomic mass is 9.89. The van der Waals surface area contributed by atoms with E-state index in [-0.39, 0.29) is 0 Å². The molecule has 2 heteroatoms. The average molecular weight is 283 g/mol. The standard InChI is InChI=1S/C19H25NO/c1-19(10-4-5-11-19)14-20-13-18(21)17-9-8-15-6-2-3-7-16(15)12-17/h2-3,6-9,12,18,20-21H,4-5,10-11,13-14H2,1H3. The highest BCUT2D eigenvalue weighted by Crippen LogP contribution is 2.36. The van der Waals surface area contributed by atoms with Crippen molar-refractivity contribution in [2.24, 2.45) is 5.41 Å². The third kappa shape index (κ3) is 3.45. The van der Waals surface area contributed by atoms with Gasteiger partial charge in [-0.1, -0.05) is 56.2 Å². The molecule has 1 atom stereocenters. The van der Waals surface area contributed by atoms with Gasteiger partial charge in [0.2, 0.25) is 0 Å². The topological polar surface area (TPSA) is 32.3 Å². The van der Waals surface area contributed by atoms with Gasteiger partial charge in [-0.2, -0.15) is 0 Å². The monoisotopic (exact) mass is 283 g/mol. The molecule has 2 aromatic carbocycles. The summed E-state index contributed by atoms with van der Waals surface area (Å²) >= 11 is 0. The number of rotatable bonds is 5. The first kappa shape index (κ1) is 14.6. The van der Waals surface area contributed by atoms with Crippen LogP contribution in [0.1, 0.15) is 44.3 Å². The molecule has 2 nitrogen and oxygen atoms in total. The molecule has 0 bridgehead atoms. The maximum absolute atomic E-state index is 10.4. The normalized spacial score (nSPS) is 19.0. The van der Waals surface area contributed by atoms with E-state index in [0.717, 1.165) is 12.1 Å². The van der Waals surface area contributed by atoms with Crippen LogP contribution in [0.15, 0.2) is 42.5 Å². The summed E-state index contributed by atoms with van der Waals surface area (Å²) in [6.07, 6.45) is 4.90. The van der Waals surface area contributed by atoms with Crippen LogP contribution < -0.4 is 5.32 Å². The van der Waals surface area contributed by atoms with E-state index in [2.05, 4.69) is 36.5 Å². The Bertz CT molecular complexity index is 601. The summed E-state index contributed by atoms with van der Waals surface area (Å²) in [6, 6.07) is 14.5. The van der Waals surface area contributed by atoms with Gasteiger partial charge in [-0.3, -0.25) is 0 Å². The van der Waals surface area contributed by atoms with Gasteiger partial charge in [-0.05, 0) is 40.7 Å². The lowest BCUT2D eigenvalue weighted by Crippen LogP contribution is -2.32. The quantitative estimate of drug-likeness (QED) is 0.868. The molecule has 0 amide bonds. The van der Waals surface area contributed by atoms with E-state index < -0.39 is 6.10 Å². The molecule has 112 valence electrons. The first-order valence-corrected chi connectivity index (χ1v) is 8.04. The summed E-state index contributed by atoms with van der Waals surface area (Å²) in [5.74, 6) is 0. The smallest absolute Gasteiger partial charge is 0.0914 e. The van der Waals surface area contributed by atoms with Crippen molar-refractivity contribution in [2.75, 3.05) is 13.1 Å². The van der Waals surface area contributed by atoms with E-state index >= 15 is 0 Å². The first-order valence-electron chi connectivity index (χ1n) is 8.04. The summed E-state index contributed by atoms with van der Waals surface area (Å²) in [5, 5.41) is 16.3. The summed E-state index contributed by atoms with van der Waals surface area (Å²) in [5.41, 5.74) is 1.43. The minimum absolute atomic E-state index is 0.431. The second-order valence-electron chi connectivity index (χ2n) is 6.77. The van der Waals surface area contributed by atoms with Crippen molar-refractivity contribution >= 4 is 10.8 Å². The molecule has 0 aromatic heterocycles. The zero-order chi connectivity index (χ0) is 14.7. The third-order valence-corrected chi connectivity index (χ3v) is 4.86. The van der Waals surface area contributed by atoms with Gasteiger partial charge in [0, 0.05) is 13.1 Å². The van der Waals surface area contributed by atoms with Crippen LogP contribution in [0.2, 0.25) is 0 Å². The minimum atomic E-state index is -0.431. The van der Waals surface area contributed by atoms with Gasteiger partial charge >= 0.3 is 0 Å². The molecule has 21 heavy (non-hydrogen) atoms. The number of hydrogen-bond acceptors (Lipinski definition) is 2. The van der Waals surface area contributed by atoms with Crippen molar-refractivity contribution in [2.45, 2.75) is 38.7 Å². The van der Waals surface area contributed by atoms with E-state index in [9.17, 15) is 5.11 Å². The highest BCUT2D eigenvalue weighted by molar-refractivity contribution is 5.83. The van der Waals surface area contributed by atoms with E-state index in [1.54, 1.807) is 0 Å². The second-order valence-corrected chi connectivity index (χ2v) is 6.77. The van der Waals surface area contributed by atoms with Crippen LogP contribution in [0.25, 0.3) is 10.8 Å². The Morgan fingerprint density at radius 1 is 1.10 bits per heavy atom. The fourth-order valence-electron chi connectivity index (χ4n) is 3.45. The van der Waals surface area contributed by atoms with Crippen molar-refractivity contribution in [1.29, 1.82) is 0 Å². The molecule has 1 saturated carbocycles. The average Bonchev–Trinajstić information content (AvgIpc) is 2.93. The van der Waals surface area contributed by atoms with Crippen molar-refractivity contribution in [1.82, 2.24) is 5.32 Å². The van der Waals surface area contributed by atoms with Crippen LogP contribution >= 0.6 is 0 Å². The molecular formula is C19H25NO. The molecule has 0 heterocycles. The van der Waals surface area contributed by atoms with Crippen LogP contribution in [-0.4, -0.2) is 18.2 Å². The van der Waals surface area contributed by atoms with Crippen LogP contribution in [0.5, 0.6) is 0 Å². The molecule has 2 N–H and O–H groups in total. The maximum Gasteiger partial charge on any atom is 0.0914 e. The number of aliphatic hydroxyl groups excluding tert-OH is 1. The van der Waals surface area contributed by atoms with Crippen LogP contribution in [-0.2, 0) is 0 Å². The second kappa shape index (κ2) is 6.17. The number of benzene rings is 2. The summed E-state index contributed by atoms with van der Waals surface area (Å²) in [6.45, 7) is 4.00. The van der Waals surface area contributed by atoms with E-state index in [4.69, 9.17) is 0 Å². The lowest BCUT2D eigenvalue weighted by molar-refractivity contribution is 0.167. The fraction of sp³-hybridized carbons (Fsp3) is 0.474. The van der Waals surface area contributed by atoms with Gasteiger partial charge in [-0.25, -0.2) is 0 Å². The first-order chi connectivity index (χ1) is 10.2. The van der Waals surface area contributed by atoms with E-state index in [1.807, 2.05) is 18.2 Å². The molecule has 0 saturated heterocycles. The molecule has 1 unspecified atom stereocenters. The Morgan fingerprint density at radius 2 is 1.81 bits per heavy atom. The highest BCUT2D eigenvalue weighted by Gasteiger charge is 2.28. The van der Waals surface area contributed by atoms with E-state index in [1.165, 1.54) is 36.5 Å². The van der Waals surface area contributed by atoms with Gasteiger partial charge in [-0.15, -0.1) is 0 Å². The molecule has 0 aliphatic heterocycles. The zero-order valence-electron chi connectivity index (χ0n) is 12.8. The Hall–Kier alpha value is -1.38. The molecule has 0 spiro atoms. The predicted octanol–water partition coefficient (Wildman–Crippen LogP) is 4.04. The molecule has 1 aliphatic rings. The predicted molar refractivity (Wildman–Crippen MR) is 88.4 cm³/mol. The Balaban J connectivity index is 1.60. The van der Waals surface area contributed by atoms with Gasteiger partial charge in [0.05, 0.1) is 6.10 Å². The van der Waals surface area contributed by atoms with Crippen LogP contribution in [0, 0.1) is 5.41 Å². The third-order valence-electron chi connectivity index (χ3n) is 4.86. The highest BCUT2D eigenvalue weighted by atomic mass is 16.3. The summed E-state index contributed by atoms with van der Waals surface area (Å²) < 4.78 is 0. The van der Waals surface area contributed by atoms with Gasteiger partial charge in [0.15, 0.2) is 0 Å². The van der Waals surface area contributed by atoms with Crippen molar-refractivity contribution in [3.63, 3.8) is 0 Å². The zero-order valence-corrected chi connectivity index (χ0v) is 12.8. The molecule has 3 rings (SSSR count). The van der Waals surface area contributed by atoms with Gasteiger partial charge < -0.3 is 10.4 Å². The van der Waals surface area contributed by atoms with Crippen LogP contribution in [0.4, 0.5) is 0 Å². The molecule has 0 radical (unpaired) electrons. The van der Waals surface area contributed by atoms with Gasteiger partial charge in [0.1, 0.15) is 0 Å². The number of fused-ring (bicyclic) bond motifs is 1.